The van der Waals surface area contributed by atoms with Crippen LogP contribution in [-0.4, -0.2) is 28.2 Å². The summed E-state index contributed by atoms with van der Waals surface area (Å²) in [7, 11) is 1.38. The van der Waals surface area contributed by atoms with Crippen molar-refractivity contribution < 1.29 is 19.4 Å². The van der Waals surface area contributed by atoms with Gasteiger partial charge in [0.1, 0.15) is 11.6 Å². The molecule has 0 saturated heterocycles. The SMILES string of the molecule is COc1cccc(C(=O)O)c1Oc1nccnc1C#N. The number of carboxylic acids is 1. The lowest BCUT2D eigenvalue weighted by atomic mass is 10.2. The maximum Gasteiger partial charge on any atom is 0.339 e. The molecular weight excluding hydrogens is 262 g/mol. The zero-order chi connectivity index (χ0) is 14.5. The summed E-state index contributed by atoms with van der Waals surface area (Å²) < 4.78 is 10.5. The summed E-state index contributed by atoms with van der Waals surface area (Å²) in [5, 5.41) is 18.1. The third-order valence-electron chi connectivity index (χ3n) is 2.40. The van der Waals surface area contributed by atoms with Crippen molar-refractivity contribution in [2.45, 2.75) is 0 Å². The molecule has 0 bridgehead atoms. The second-order valence-electron chi connectivity index (χ2n) is 3.57. The van der Waals surface area contributed by atoms with Gasteiger partial charge in [0.05, 0.1) is 7.11 Å². The minimum atomic E-state index is -1.18. The Hall–Kier alpha value is -3.14. The predicted octanol–water partition coefficient (Wildman–Crippen LogP) is 1.85. The third kappa shape index (κ3) is 2.49. The first kappa shape index (κ1) is 13.3. The topological polar surface area (TPSA) is 105 Å². The van der Waals surface area contributed by atoms with Crippen molar-refractivity contribution in [3.05, 3.63) is 41.9 Å². The van der Waals surface area contributed by atoms with Gasteiger partial charge in [0.15, 0.2) is 11.5 Å². The van der Waals surface area contributed by atoms with E-state index in [1.807, 2.05) is 6.07 Å². The van der Waals surface area contributed by atoms with E-state index in [1.54, 1.807) is 6.07 Å². The number of aromatic carboxylic acids is 1. The number of benzene rings is 1. The molecule has 2 rings (SSSR count). The molecule has 0 atom stereocenters. The van der Waals surface area contributed by atoms with Gasteiger partial charge in [0, 0.05) is 12.4 Å². The molecule has 7 nitrogen and oxygen atoms in total. The summed E-state index contributed by atoms with van der Waals surface area (Å²) in [4.78, 5) is 18.8. The minimum absolute atomic E-state index is 0.0282. The van der Waals surface area contributed by atoms with Gasteiger partial charge in [0.25, 0.3) is 5.88 Å². The van der Waals surface area contributed by atoms with Gasteiger partial charge >= 0.3 is 5.97 Å². The first-order valence-corrected chi connectivity index (χ1v) is 5.46. The zero-order valence-electron chi connectivity index (χ0n) is 10.4. The van der Waals surface area contributed by atoms with Crippen LogP contribution in [0.1, 0.15) is 16.1 Å². The highest BCUT2D eigenvalue weighted by atomic mass is 16.5. The molecule has 0 aliphatic carbocycles. The number of ether oxygens (including phenoxy) is 2. The Morgan fingerprint density at radius 2 is 2.10 bits per heavy atom. The molecular formula is C13H9N3O4. The molecule has 0 amide bonds. The molecule has 0 aliphatic heterocycles. The summed E-state index contributed by atoms with van der Waals surface area (Å²) >= 11 is 0. The Balaban J connectivity index is 2.53. The largest absolute Gasteiger partial charge is 0.493 e. The summed E-state index contributed by atoms with van der Waals surface area (Å²) in [6, 6.07) is 6.25. The predicted molar refractivity (Wildman–Crippen MR) is 66.8 cm³/mol. The molecule has 0 fully saturated rings. The van der Waals surface area contributed by atoms with E-state index in [0.29, 0.717) is 0 Å². The molecule has 0 radical (unpaired) electrons. The van der Waals surface area contributed by atoms with E-state index >= 15 is 0 Å². The number of methoxy groups -OCH3 is 1. The number of hydrogen-bond donors (Lipinski definition) is 1. The van der Waals surface area contributed by atoms with Crippen molar-refractivity contribution in [1.82, 2.24) is 9.97 Å². The third-order valence-corrected chi connectivity index (χ3v) is 2.40. The second-order valence-corrected chi connectivity index (χ2v) is 3.57. The quantitative estimate of drug-likeness (QED) is 0.904. The fourth-order valence-corrected chi connectivity index (χ4v) is 1.52. The summed E-state index contributed by atoms with van der Waals surface area (Å²) in [5.74, 6) is -1.07. The monoisotopic (exact) mass is 271 g/mol. The van der Waals surface area contributed by atoms with Crippen molar-refractivity contribution in [2.75, 3.05) is 7.11 Å². The number of carboxylic acid groups (broad SMARTS) is 1. The van der Waals surface area contributed by atoms with Crippen molar-refractivity contribution in [3.8, 4) is 23.4 Å². The van der Waals surface area contributed by atoms with Gasteiger partial charge in [-0.05, 0) is 12.1 Å². The van der Waals surface area contributed by atoms with Gasteiger partial charge in [0.2, 0.25) is 5.69 Å². The lowest BCUT2D eigenvalue weighted by Crippen LogP contribution is -2.03. The molecule has 0 aliphatic rings. The molecule has 1 aromatic heterocycles. The molecule has 2 aromatic rings. The number of hydrogen-bond acceptors (Lipinski definition) is 6. The van der Waals surface area contributed by atoms with Gasteiger partial charge in [-0.1, -0.05) is 6.07 Å². The lowest BCUT2D eigenvalue weighted by molar-refractivity contribution is 0.0693. The number of para-hydroxylation sites is 1. The molecule has 0 saturated carbocycles. The first-order valence-electron chi connectivity index (χ1n) is 5.46. The smallest absolute Gasteiger partial charge is 0.339 e. The molecule has 0 spiro atoms. The standard InChI is InChI=1S/C13H9N3O4/c1-19-10-4-2-3-8(13(17)18)11(10)20-12-9(7-14)15-5-6-16-12/h2-6H,1H3,(H,17,18). The normalized spacial score (nSPS) is 9.60. The highest BCUT2D eigenvalue weighted by Crippen LogP contribution is 2.34. The van der Waals surface area contributed by atoms with Gasteiger partial charge in [-0.2, -0.15) is 5.26 Å². The molecule has 1 N–H and O–H groups in total. The summed E-state index contributed by atoms with van der Waals surface area (Å²) in [6.07, 6.45) is 2.68. The van der Waals surface area contributed by atoms with Crippen LogP contribution < -0.4 is 9.47 Å². The Morgan fingerprint density at radius 3 is 2.75 bits per heavy atom. The number of rotatable bonds is 4. The Bertz CT molecular complexity index is 694. The van der Waals surface area contributed by atoms with Crippen LogP contribution in [0.3, 0.4) is 0 Å². The van der Waals surface area contributed by atoms with E-state index in [1.165, 1.54) is 31.6 Å². The number of aromatic nitrogens is 2. The van der Waals surface area contributed by atoms with Crippen molar-refractivity contribution in [3.63, 3.8) is 0 Å². The molecule has 0 unspecified atom stereocenters. The fraction of sp³-hybridized carbons (Fsp3) is 0.0769. The van der Waals surface area contributed by atoms with Crippen LogP contribution in [0.25, 0.3) is 0 Å². The second kappa shape index (κ2) is 5.67. The van der Waals surface area contributed by atoms with Crippen LogP contribution >= 0.6 is 0 Å². The van der Waals surface area contributed by atoms with Gasteiger partial charge < -0.3 is 14.6 Å². The van der Waals surface area contributed by atoms with E-state index in [9.17, 15) is 4.79 Å². The zero-order valence-corrected chi connectivity index (χ0v) is 10.4. The number of carbonyl (C=O) groups is 1. The molecule has 1 aromatic carbocycles. The molecule has 20 heavy (non-hydrogen) atoms. The van der Waals surface area contributed by atoms with Crippen LogP contribution in [0, 0.1) is 11.3 Å². The van der Waals surface area contributed by atoms with Gasteiger partial charge in [-0.15, -0.1) is 0 Å². The van der Waals surface area contributed by atoms with E-state index in [0.717, 1.165) is 0 Å². The first-order chi connectivity index (χ1) is 9.67. The Labute approximate surface area is 114 Å². The van der Waals surface area contributed by atoms with E-state index in [4.69, 9.17) is 19.8 Å². The van der Waals surface area contributed by atoms with Crippen LogP contribution in [0.15, 0.2) is 30.6 Å². The van der Waals surface area contributed by atoms with E-state index in [2.05, 4.69) is 9.97 Å². The van der Waals surface area contributed by atoms with Crippen molar-refractivity contribution in [1.29, 1.82) is 5.26 Å². The molecule has 100 valence electrons. The maximum absolute atomic E-state index is 11.2. The molecule has 7 heteroatoms. The summed E-state index contributed by atoms with van der Waals surface area (Å²) in [5.41, 5.74) is -0.145. The van der Waals surface area contributed by atoms with Crippen LogP contribution in [-0.2, 0) is 0 Å². The van der Waals surface area contributed by atoms with Gasteiger partial charge in [-0.25, -0.2) is 14.8 Å². The highest BCUT2D eigenvalue weighted by molar-refractivity contribution is 5.92. The molecule has 1 heterocycles. The van der Waals surface area contributed by atoms with E-state index < -0.39 is 5.97 Å². The fourth-order valence-electron chi connectivity index (χ4n) is 1.52. The Morgan fingerprint density at radius 1 is 1.35 bits per heavy atom. The van der Waals surface area contributed by atoms with Crippen LogP contribution in [0.4, 0.5) is 0 Å². The maximum atomic E-state index is 11.2. The van der Waals surface area contributed by atoms with E-state index in [-0.39, 0.29) is 28.6 Å². The summed E-state index contributed by atoms with van der Waals surface area (Å²) in [6.45, 7) is 0. The minimum Gasteiger partial charge on any atom is -0.493 e. The average molecular weight is 271 g/mol. The Kier molecular flexibility index (Phi) is 3.77. The van der Waals surface area contributed by atoms with Crippen LogP contribution in [0.2, 0.25) is 0 Å². The van der Waals surface area contributed by atoms with Crippen molar-refractivity contribution >= 4 is 5.97 Å². The average Bonchev–Trinajstić information content (AvgIpc) is 2.47. The number of nitrogens with zero attached hydrogens (tertiary/aromatic N) is 3. The lowest BCUT2D eigenvalue weighted by Gasteiger charge is -2.12. The number of nitriles is 1. The highest BCUT2D eigenvalue weighted by Gasteiger charge is 2.19. The van der Waals surface area contributed by atoms with Gasteiger partial charge in [-0.3, -0.25) is 0 Å². The van der Waals surface area contributed by atoms with Crippen molar-refractivity contribution in [2.24, 2.45) is 0 Å². The van der Waals surface area contributed by atoms with Crippen LogP contribution in [0.5, 0.6) is 17.4 Å².